The number of methoxy groups -OCH3 is 1. The maximum Gasteiger partial charge on any atom is 0.347 e. The first-order chi connectivity index (χ1) is 6.08. The van der Waals surface area contributed by atoms with Crippen molar-refractivity contribution in [1.82, 2.24) is 0 Å². The van der Waals surface area contributed by atoms with Crippen LogP contribution in [0.3, 0.4) is 0 Å². The lowest BCUT2D eigenvalue weighted by Crippen LogP contribution is -2.15. The van der Waals surface area contributed by atoms with Gasteiger partial charge in [-0.05, 0) is 12.5 Å². The van der Waals surface area contributed by atoms with Gasteiger partial charge in [0.25, 0.3) is 0 Å². The molecule has 0 aromatic carbocycles. The number of carbonyl (C=O) groups is 2. The van der Waals surface area contributed by atoms with Crippen LogP contribution in [0.25, 0.3) is 0 Å². The summed E-state index contributed by atoms with van der Waals surface area (Å²) < 4.78 is 4.80. The van der Waals surface area contributed by atoms with E-state index < -0.39 is 11.9 Å². The summed E-state index contributed by atoms with van der Waals surface area (Å²) in [7, 11) is 1.16. The van der Waals surface area contributed by atoms with E-state index in [1.54, 1.807) is 12.5 Å². The molecule has 0 aromatic rings. The second-order valence-electron chi connectivity index (χ2n) is 1.87. The molecule has 0 saturated heterocycles. The van der Waals surface area contributed by atoms with Crippen LogP contribution in [0.15, 0.2) is 9.81 Å². The van der Waals surface area contributed by atoms with Gasteiger partial charge in [0.15, 0.2) is 5.57 Å². The molecule has 6 heteroatoms. The predicted molar refractivity (Wildman–Crippen MR) is 53.7 cm³/mol. The van der Waals surface area contributed by atoms with E-state index in [4.69, 9.17) is 5.11 Å². The molecular formula is C7H10O4S2. The molecule has 4 nitrogen and oxygen atoms in total. The predicted octanol–water partition coefficient (Wildman–Crippen LogP) is 1.18. The molecule has 0 spiro atoms. The summed E-state index contributed by atoms with van der Waals surface area (Å²) in [5, 5.41) is 8.72. The number of carbonyl (C=O) groups excluding carboxylic acids is 1. The first kappa shape index (κ1) is 12.4. The Morgan fingerprint density at radius 1 is 1.23 bits per heavy atom. The lowest BCUT2D eigenvalue weighted by Gasteiger charge is -2.04. The molecule has 13 heavy (non-hydrogen) atoms. The first-order valence-electron chi connectivity index (χ1n) is 3.22. The fourth-order valence-electron chi connectivity index (χ4n) is 0.647. The molecule has 0 aliphatic rings. The molecule has 0 aromatic heterocycles. The van der Waals surface area contributed by atoms with Crippen LogP contribution in [0.2, 0.25) is 0 Å². The molecule has 74 valence electrons. The molecule has 0 unspecified atom stereocenters. The molecular weight excluding hydrogens is 212 g/mol. The van der Waals surface area contributed by atoms with Crippen molar-refractivity contribution in [3.05, 3.63) is 9.81 Å². The highest BCUT2D eigenvalue weighted by atomic mass is 32.2. The SMILES string of the molecule is COC(=O)C(C(=O)O)=C(SC)SC. The highest BCUT2D eigenvalue weighted by molar-refractivity contribution is 8.21. The summed E-state index contributed by atoms with van der Waals surface area (Å²) in [6, 6.07) is 0. The van der Waals surface area contributed by atoms with E-state index >= 15 is 0 Å². The first-order valence-corrected chi connectivity index (χ1v) is 5.67. The van der Waals surface area contributed by atoms with Crippen molar-refractivity contribution >= 4 is 35.5 Å². The third-order valence-corrected chi connectivity index (χ3v) is 3.33. The Morgan fingerprint density at radius 3 is 1.92 bits per heavy atom. The van der Waals surface area contributed by atoms with E-state index in [0.717, 1.165) is 7.11 Å². The Morgan fingerprint density at radius 2 is 1.69 bits per heavy atom. The number of ether oxygens (including phenoxy) is 1. The Labute approximate surface area is 84.7 Å². The molecule has 0 bridgehead atoms. The van der Waals surface area contributed by atoms with E-state index in [1.807, 2.05) is 0 Å². The number of thioether (sulfide) groups is 2. The Bertz CT molecular complexity index is 241. The van der Waals surface area contributed by atoms with Crippen LogP contribution in [0.5, 0.6) is 0 Å². The molecule has 0 fully saturated rings. The van der Waals surface area contributed by atoms with Gasteiger partial charge in [0, 0.05) is 0 Å². The van der Waals surface area contributed by atoms with Gasteiger partial charge in [-0.2, -0.15) is 0 Å². The number of aliphatic carboxylic acids is 1. The van der Waals surface area contributed by atoms with E-state index in [9.17, 15) is 9.59 Å². The minimum absolute atomic E-state index is 0.303. The highest BCUT2D eigenvalue weighted by Gasteiger charge is 2.22. The van der Waals surface area contributed by atoms with Crippen LogP contribution in [-0.4, -0.2) is 36.7 Å². The summed E-state index contributed by atoms with van der Waals surface area (Å²) in [6.07, 6.45) is 3.41. The number of rotatable bonds is 4. The molecule has 0 rings (SSSR count). The van der Waals surface area contributed by atoms with Crippen molar-refractivity contribution < 1.29 is 19.4 Å². The summed E-state index contributed by atoms with van der Waals surface area (Å²) in [4.78, 5) is 21.7. The zero-order valence-corrected chi connectivity index (χ0v) is 9.12. The van der Waals surface area contributed by atoms with Crippen molar-refractivity contribution in [2.75, 3.05) is 19.6 Å². The minimum Gasteiger partial charge on any atom is -0.477 e. The molecule has 0 aliphatic carbocycles. The van der Waals surface area contributed by atoms with Crippen LogP contribution in [-0.2, 0) is 14.3 Å². The average molecular weight is 222 g/mol. The lowest BCUT2D eigenvalue weighted by atomic mass is 10.3. The Balaban J connectivity index is 5.08. The van der Waals surface area contributed by atoms with Gasteiger partial charge in [0.05, 0.1) is 11.3 Å². The van der Waals surface area contributed by atoms with Gasteiger partial charge in [0.2, 0.25) is 0 Å². The molecule has 0 amide bonds. The van der Waals surface area contributed by atoms with E-state index in [2.05, 4.69) is 4.74 Å². The van der Waals surface area contributed by atoms with Gasteiger partial charge in [-0.15, -0.1) is 23.5 Å². The number of carboxylic acids is 1. The third kappa shape index (κ3) is 3.31. The fourth-order valence-corrected chi connectivity index (χ4v) is 2.06. The molecule has 0 aliphatic heterocycles. The molecule has 0 atom stereocenters. The average Bonchev–Trinajstić information content (AvgIpc) is 2.12. The lowest BCUT2D eigenvalue weighted by molar-refractivity contribution is -0.142. The highest BCUT2D eigenvalue weighted by Crippen LogP contribution is 2.28. The second kappa shape index (κ2) is 5.93. The monoisotopic (exact) mass is 222 g/mol. The van der Waals surface area contributed by atoms with Crippen LogP contribution in [0.1, 0.15) is 0 Å². The third-order valence-electron chi connectivity index (χ3n) is 1.18. The zero-order chi connectivity index (χ0) is 10.4. The summed E-state index contributed by atoms with van der Waals surface area (Å²) >= 11 is 2.42. The van der Waals surface area contributed by atoms with Crippen molar-refractivity contribution in [3.8, 4) is 0 Å². The van der Waals surface area contributed by atoms with Gasteiger partial charge >= 0.3 is 11.9 Å². The molecule has 0 saturated carbocycles. The van der Waals surface area contributed by atoms with E-state index in [-0.39, 0.29) is 5.57 Å². The van der Waals surface area contributed by atoms with E-state index in [0.29, 0.717) is 4.24 Å². The fraction of sp³-hybridized carbons (Fsp3) is 0.429. The maximum absolute atomic E-state index is 11.0. The van der Waals surface area contributed by atoms with Gasteiger partial charge in [-0.3, -0.25) is 0 Å². The van der Waals surface area contributed by atoms with Crippen LogP contribution in [0.4, 0.5) is 0 Å². The number of esters is 1. The van der Waals surface area contributed by atoms with Crippen LogP contribution in [0, 0.1) is 0 Å². The van der Waals surface area contributed by atoms with Crippen molar-refractivity contribution in [1.29, 1.82) is 0 Å². The quantitative estimate of drug-likeness (QED) is 0.333. The smallest absolute Gasteiger partial charge is 0.347 e. The van der Waals surface area contributed by atoms with Gasteiger partial charge in [-0.25, -0.2) is 9.59 Å². The maximum atomic E-state index is 11.0. The number of hydrogen-bond donors (Lipinski definition) is 1. The molecule has 0 heterocycles. The summed E-state index contributed by atoms with van der Waals surface area (Å²) in [5.41, 5.74) is -0.303. The molecule has 1 N–H and O–H groups in total. The second-order valence-corrected chi connectivity index (χ2v) is 3.76. The topological polar surface area (TPSA) is 63.6 Å². The molecule has 0 radical (unpaired) electrons. The number of carboxylic acid groups (broad SMARTS) is 1. The van der Waals surface area contributed by atoms with E-state index in [1.165, 1.54) is 23.5 Å². The van der Waals surface area contributed by atoms with Crippen molar-refractivity contribution in [2.24, 2.45) is 0 Å². The van der Waals surface area contributed by atoms with Gasteiger partial charge in [0.1, 0.15) is 0 Å². The van der Waals surface area contributed by atoms with Crippen LogP contribution >= 0.6 is 23.5 Å². The van der Waals surface area contributed by atoms with Crippen LogP contribution < -0.4 is 0 Å². The zero-order valence-electron chi connectivity index (χ0n) is 7.49. The van der Waals surface area contributed by atoms with Crippen molar-refractivity contribution in [3.63, 3.8) is 0 Å². The van der Waals surface area contributed by atoms with Gasteiger partial charge in [-0.1, -0.05) is 0 Å². The van der Waals surface area contributed by atoms with Crippen molar-refractivity contribution in [2.45, 2.75) is 0 Å². The Kier molecular flexibility index (Phi) is 5.65. The minimum atomic E-state index is -1.26. The Hall–Kier alpha value is -0.620. The summed E-state index contributed by atoms with van der Waals surface area (Å²) in [6.45, 7) is 0. The largest absolute Gasteiger partial charge is 0.477 e. The normalized spacial score (nSPS) is 9.15. The van der Waals surface area contributed by atoms with Gasteiger partial charge < -0.3 is 9.84 Å². The number of hydrogen-bond acceptors (Lipinski definition) is 5. The summed E-state index contributed by atoms with van der Waals surface area (Å²) in [5.74, 6) is -2.07. The standard InChI is InChI=1S/C7H10O4S2/c1-11-6(10)4(5(8)9)7(12-2)13-3/h1-3H3,(H,8,9).